The highest BCUT2D eigenvalue weighted by molar-refractivity contribution is 5.68. The summed E-state index contributed by atoms with van der Waals surface area (Å²) in [5.41, 5.74) is 9.45. The van der Waals surface area contributed by atoms with E-state index in [1.165, 1.54) is 0 Å². The van der Waals surface area contributed by atoms with Gasteiger partial charge in [-0.1, -0.05) is 27.7 Å². The van der Waals surface area contributed by atoms with Crippen molar-refractivity contribution in [3.05, 3.63) is 42.0 Å². The number of anilines is 1. The van der Waals surface area contributed by atoms with Gasteiger partial charge in [0.2, 0.25) is 0 Å². The largest absolute Gasteiger partial charge is 0.444 e. The molecule has 3 N–H and O–H groups in total. The van der Waals surface area contributed by atoms with Crippen molar-refractivity contribution < 1.29 is 9.53 Å². The summed E-state index contributed by atoms with van der Waals surface area (Å²) >= 11 is 0. The fraction of sp³-hybridized carbons (Fsp3) is 0.583. The Morgan fingerprint density at radius 3 is 2.45 bits per heavy atom. The average Bonchev–Trinajstić information content (AvgIpc) is 3.13. The summed E-state index contributed by atoms with van der Waals surface area (Å²) in [5, 5.41) is 2.99. The second-order valence-electron chi connectivity index (χ2n) is 8.43. The standard InChI is InChI=1S/C22H35N5O2.C2H6/c1-7-19(25-21(28)29-22(4,5)6)14-26(8-2)13-17-9-18(23)11-20(10-17)27-12-16(3)24-15-27;1-2/h9-12,15,19H,7-8,13-14,23H2,1-6H3,(H,25,28);1-2H3. The Kier molecular flexibility index (Phi) is 10.6. The van der Waals surface area contributed by atoms with Crippen molar-refractivity contribution in [2.75, 3.05) is 18.8 Å². The van der Waals surface area contributed by atoms with Gasteiger partial charge in [0.15, 0.2) is 0 Å². The van der Waals surface area contributed by atoms with Crippen molar-refractivity contribution in [3.63, 3.8) is 0 Å². The first-order valence-electron chi connectivity index (χ1n) is 11.2. The normalized spacial score (nSPS) is 12.2. The lowest BCUT2D eigenvalue weighted by Crippen LogP contribution is -2.45. The molecule has 0 saturated carbocycles. The summed E-state index contributed by atoms with van der Waals surface area (Å²) in [7, 11) is 0. The van der Waals surface area contributed by atoms with Crippen LogP contribution in [-0.4, -0.2) is 45.3 Å². The number of aromatic nitrogens is 2. The number of alkyl carbamates (subject to hydrolysis) is 1. The second kappa shape index (κ2) is 12.3. The van der Waals surface area contributed by atoms with Gasteiger partial charge < -0.3 is 20.4 Å². The predicted molar refractivity (Wildman–Crippen MR) is 128 cm³/mol. The number of nitrogens with two attached hydrogens (primary N) is 1. The van der Waals surface area contributed by atoms with Gasteiger partial charge >= 0.3 is 6.09 Å². The molecule has 1 heterocycles. The molecule has 0 bridgehead atoms. The van der Waals surface area contributed by atoms with E-state index >= 15 is 0 Å². The molecule has 0 aliphatic heterocycles. The van der Waals surface area contributed by atoms with E-state index in [1.54, 1.807) is 6.33 Å². The van der Waals surface area contributed by atoms with Crippen LogP contribution in [0.3, 0.4) is 0 Å². The number of carbonyl (C=O) groups excluding carboxylic acids is 1. The van der Waals surface area contributed by atoms with E-state index in [4.69, 9.17) is 10.5 Å². The first kappa shape index (κ1) is 26.5. The van der Waals surface area contributed by atoms with Crippen LogP contribution in [0.4, 0.5) is 10.5 Å². The van der Waals surface area contributed by atoms with E-state index in [0.29, 0.717) is 0 Å². The molecule has 7 heteroatoms. The van der Waals surface area contributed by atoms with E-state index in [-0.39, 0.29) is 12.1 Å². The van der Waals surface area contributed by atoms with Crippen LogP contribution in [0, 0.1) is 6.92 Å². The number of nitrogen functional groups attached to an aromatic ring is 1. The van der Waals surface area contributed by atoms with Crippen LogP contribution in [0.2, 0.25) is 0 Å². The molecule has 174 valence electrons. The SMILES string of the molecule is CC.CCC(CN(CC)Cc1cc(N)cc(-n2cnc(C)c2)c1)NC(=O)OC(C)(C)C. The Labute approximate surface area is 188 Å². The van der Waals surface area contributed by atoms with Gasteiger partial charge in [-0.15, -0.1) is 0 Å². The van der Waals surface area contributed by atoms with Crippen LogP contribution in [0.25, 0.3) is 5.69 Å². The van der Waals surface area contributed by atoms with Crippen LogP contribution < -0.4 is 11.1 Å². The number of rotatable bonds is 8. The Balaban J connectivity index is 0.00000233. The van der Waals surface area contributed by atoms with E-state index in [1.807, 2.05) is 64.4 Å². The van der Waals surface area contributed by atoms with Gasteiger partial charge in [0, 0.05) is 36.7 Å². The lowest BCUT2D eigenvalue weighted by molar-refractivity contribution is 0.0489. The van der Waals surface area contributed by atoms with Crippen LogP contribution >= 0.6 is 0 Å². The van der Waals surface area contributed by atoms with Crippen molar-refractivity contribution >= 4 is 11.8 Å². The summed E-state index contributed by atoms with van der Waals surface area (Å²) in [6.45, 7) is 18.1. The molecule has 1 amide bonds. The molecule has 0 radical (unpaired) electrons. The first-order valence-corrected chi connectivity index (χ1v) is 11.2. The zero-order valence-electron chi connectivity index (χ0n) is 20.5. The molecule has 2 rings (SSSR count). The molecular weight excluding hydrogens is 390 g/mol. The molecule has 0 aliphatic carbocycles. The number of hydrogen-bond donors (Lipinski definition) is 2. The predicted octanol–water partition coefficient (Wildman–Crippen LogP) is 4.91. The molecule has 2 aromatic rings. The molecule has 1 aromatic carbocycles. The van der Waals surface area contributed by atoms with E-state index in [0.717, 1.165) is 48.7 Å². The van der Waals surface area contributed by atoms with Crippen molar-refractivity contribution in [2.45, 2.75) is 80.0 Å². The van der Waals surface area contributed by atoms with Gasteiger partial charge in [-0.25, -0.2) is 9.78 Å². The van der Waals surface area contributed by atoms with Crippen molar-refractivity contribution in [3.8, 4) is 5.69 Å². The lowest BCUT2D eigenvalue weighted by Gasteiger charge is -2.28. The third-order valence-corrected chi connectivity index (χ3v) is 4.56. The van der Waals surface area contributed by atoms with E-state index in [2.05, 4.69) is 35.1 Å². The summed E-state index contributed by atoms with van der Waals surface area (Å²) < 4.78 is 7.37. The molecule has 0 spiro atoms. The van der Waals surface area contributed by atoms with Crippen LogP contribution in [0.1, 0.15) is 66.1 Å². The molecule has 1 aromatic heterocycles. The summed E-state index contributed by atoms with van der Waals surface area (Å²) in [4.78, 5) is 18.7. The van der Waals surface area contributed by atoms with Crippen LogP contribution in [0.5, 0.6) is 0 Å². The third kappa shape index (κ3) is 9.42. The monoisotopic (exact) mass is 431 g/mol. The number of likely N-dealkylation sites (N-methyl/N-ethyl adjacent to an activating group) is 1. The first-order chi connectivity index (χ1) is 14.6. The van der Waals surface area contributed by atoms with Gasteiger partial charge in [0.25, 0.3) is 0 Å². The van der Waals surface area contributed by atoms with E-state index in [9.17, 15) is 4.79 Å². The molecule has 1 unspecified atom stereocenters. The minimum atomic E-state index is -0.504. The minimum absolute atomic E-state index is 0.0154. The maximum Gasteiger partial charge on any atom is 0.407 e. The number of hydrogen-bond acceptors (Lipinski definition) is 5. The maximum atomic E-state index is 12.1. The van der Waals surface area contributed by atoms with Crippen molar-refractivity contribution in [2.24, 2.45) is 0 Å². The maximum absolute atomic E-state index is 12.1. The number of benzene rings is 1. The summed E-state index contributed by atoms with van der Waals surface area (Å²) in [6, 6.07) is 6.09. The molecular formula is C24H41N5O2. The fourth-order valence-corrected chi connectivity index (χ4v) is 3.13. The topological polar surface area (TPSA) is 85.4 Å². The van der Waals surface area contributed by atoms with Crippen LogP contribution in [-0.2, 0) is 11.3 Å². The van der Waals surface area contributed by atoms with Gasteiger partial charge in [-0.2, -0.15) is 0 Å². The number of nitrogens with zero attached hydrogens (tertiary/aromatic N) is 3. The Bertz CT molecular complexity index is 811. The van der Waals surface area contributed by atoms with Gasteiger partial charge in [-0.05, 0) is 64.4 Å². The highest BCUT2D eigenvalue weighted by Crippen LogP contribution is 2.18. The molecule has 0 saturated heterocycles. The number of amides is 1. The lowest BCUT2D eigenvalue weighted by atomic mass is 10.1. The molecule has 31 heavy (non-hydrogen) atoms. The molecule has 1 atom stereocenters. The highest BCUT2D eigenvalue weighted by Gasteiger charge is 2.20. The average molecular weight is 432 g/mol. The minimum Gasteiger partial charge on any atom is -0.444 e. The Morgan fingerprint density at radius 2 is 1.94 bits per heavy atom. The fourth-order valence-electron chi connectivity index (χ4n) is 3.13. The quantitative estimate of drug-likeness (QED) is 0.580. The Morgan fingerprint density at radius 1 is 1.26 bits per heavy atom. The van der Waals surface area contributed by atoms with Crippen molar-refractivity contribution in [1.29, 1.82) is 0 Å². The Hall–Kier alpha value is -2.54. The highest BCUT2D eigenvalue weighted by atomic mass is 16.6. The molecule has 0 fully saturated rings. The number of aryl methyl sites for hydroxylation is 1. The smallest absolute Gasteiger partial charge is 0.407 e. The second-order valence-corrected chi connectivity index (χ2v) is 8.43. The van der Waals surface area contributed by atoms with Crippen LogP contribution in [0.15, 0.2) is 30.7 Å². The summed E-state index contributed by atoms with van der Waals surface area (Å²) in [5.74, 6) is 0. The van der Waals surface area contributed by atoms with Gasteiger partial charge in [-0.3, -0.25) is 4.90 Å². The number of carbonyl (C=O) groups is 1. The van der Waals surface area contributed by atoms with E-state index < -0.39 is 5.60 Å². The zero-order valence-corrected chi connectivity index (χ0v) is 20.5. The molecule has 0 aliphatic rings. The van der Waals surface area contributed by atoms with Gasteiger partial charge in [0.1, 0.15) is 5.60 Å². The number of nitrogens with one attached hydrogen (secondary N) is 1. The number of ether oxygens (including phenoxy) is 1. The number of imidazole rings is 1. The molecule has 7 nitrogen and oxygen atoms in total. The zero-order chi connectivity index (χ0) is 23.6. The van der Waals surface area contributed by atoms with Gasteiger partial charge in [0.05, 0.1) is 12.0 Å². The summed E-state index contributed by atoms with van der Waals surface area (Å²) in [6.07, 6.45) is 4.23. The third-order valence-electron chi connectivity index (χ3n) is 4.56. The van der Waals surface area contributed by atoms with Crippen molar-refractivity contribution in [1.82, 2.24) is 19.8 Å².